The van der Waals surface area contributed by atoms with Crippen LogP contribution in [0.1, 0.15) is 21.5 Å². The fourth-order valence-electron chi connectivity index (χ4n) is 3.06. The molecule has 0 heterocycles. The van der Waals surface area contributed by atoms with E-state index in [9.17, 15) is 28.0 Å². The number of rotatable bonds is 12. The van der Waals surface area contributed by atoms with E-state index in [1.54, 1.807) is 13.0 Å². The monoisotopic (exact) mass is 614 g/mol. The van der Waals surface area contributed by atoms with Crippen molar-refractivity contribution in [2.75, 3.05) is 5.43 Å². The maximum absolute atomic E-state index is 12.1. The number of anilines is 1. The van der Waals surface area contributed by atoms with Crippen LogP contribution in [0.2, 0.25) is 0 Å². The van der Waals surface area contributed by atoms with Gasteiger partial charge >= 0.3 is 5.97 Å². The van der Waals surface area contributed by atoms with E-state index in [4.69, 9.17) is 10.5 Å². The number of benzene rings is 3. The van der Waals surface area contributed by atoms with Gasteiger partial charge in [-0.3, -0.25) is 9.98 Å². The number of carboxylic acids is 1. The minimum atomic E-state index is -4.78. The van der Waals surface area contributed by atoms with Gasteiger partial charge in [-0.1, -0.05) is 28.3 Å². The average Bonchev–Trinajstić information content (AvgIpc) is 2.90. The number of aromatic hydroxyl groups is 1. The van der Waals surface area contributed by atoms with Crippen molar-refractivity contribution in [3.8, 4) is 5.75 Å². The predicted molar refractivity (Wildman–Crippen MR) is 138 cm³/mol. The van der Waals surface area contributed by atoms with Crippen LogP contribution in [0.25, 0.3) is 0 Å². The highest BCUT2D eigenvalue weighted by atomic mass is 32.2. The number of phenolic OH excluding ortho intramolecular Hbond substituents is 1. The Bertz CT molecular complexity index is 1550. The SMILES string of the molecule is Cc1ccc(N=NC(=NNc2cc(SOOO)cc(SOOO)c2C(=O)O)c2ccccc2S(=O)(=O)O)c(O)c1. The number of nitrogens with one attached hydrogen (secondary N) is 1. The summed E-state index contributed by atoms with van der Waals surface area (Å²) in [4.78, 5) is 11.4. The second-order valence-electron chi connectivity index (χ2n) is 7.31. The molecule has 3 rings (SSSR count). The van der Waals surface area contributed by atoms with Gasteiger partial charge in [-0.2, -0.15) is 13.5 Å². The molecule has 0 amide bonds. The summed E-state index contributed by atoms with van der Waals surface area (Å²) in [5, 5.41) is 55.9. The molecule has 0 aliphatic heterocycles. The van der Waals surface area contributed by atoms with E-state index in [0.29, 0.717) is 12.0 Å². The summed E-state index contributed by atoms with van der Waals surface area (Å²) in [5.74, 6) is -2.19. The largest absolute Gasteiger partial charge is 0.506 e. The molecule has 0 aliphatic rings. The van der Waals surface area contributed by atoms with Crippen molar-refractivity contribution >= 4 is 57.4 Å². The van der Waals surface area contributed by atoms with Crippen LogP contribution in [-0.2, 0) is 28.9 Å². The van der Waals surface area contributed by atoms with E-state index in [1.807, 2.05) is 0 Å². The predicted octanol–water partition coefficient (Wildman–Crippen LogP) is 5.06. The Morgan fingerprint density at radius 1 is 1.00 bits per heavy atom. The molecule has 0 saturated heterocycles. The van der Waals surface area contributed by atoms with Crippen LogP contribution in [-0.4, -0.2) is 45.5 Å². The van der Waals surface area contributed by atoms with Gasteiger partial charge in [-0.25, -0.2) is 15.3 Å². The Hall–Kier alpha value is -3.63. The Balaban J connectivity index is 2.19. The number of carbonyl (C=O) groups is 1. The summed E-state index contributed by atoms with van der Waals surface area (Å²) < 4.78 is 42.5. The van der Waals surface area contributed by atoms with Gasteiger partial charge < -0.3 is 10.2 Å². The van der Waals surface area contributed by atoms with E-state index >= 15 is 0 Å². The smallest absolute Gasteiger partial charge is 0.339 e. The van der Waals surface area contributed by atoms with Crippen LogP contribution in [0.15, 0.2) is 84.6 Å². The molecule has 0 saturated carbocycles. The first-order valence-electron chi connectivity index (χ1n) is 10.4. The molecule has 6 N–H and O–H groups in total. The van der Waals surface area contributed by atoms with Crippen LogP contribution in [0.4, 0.5) is 11.4 Å². The molecule has 0 atom stereocenters. The molecular formula is C21H18N4O12S3. The van der Waals surface area contributed by atoms with E-state index in [-0.39, 0.29) is 44.5 Å². The normalized spacial score (nSPS) is 12.2. The lowest BCUT2D eigenvalue weighted by Gasteiger charge is -2.12. The second-order valence-corrected chi connectivity index (χ2v) is 10.2. The minimum absolute atomic E-state index is 0.00625. The van der Waals surface area contributed by atoms with Gasteiger partial charge in [-0.05, 0) is 48.9 Å². The number of aromatic carboxylic acids is 1. The zero-order valence-corrected chi connectivity index (χ0v) is 22.3. The van der Waals surface area contributed by atoms with Crippen molar-refractivity contribution in [3.63, 3.8) is 0 Å². The minimum Gasteiger partial charge on any atom is -0.506 e. The van der Waals surface area contributed by atoms with Crippen LogP contribution in [0.3, 0.4) is 0 Å². The van der Waals surface area contributed by atoms with E-state index in [0.717, 1.165) is 11.6 Å². The molecule has 0 spiro atoms. The lowest BCUT2D eigenvalue weighted by atomic mass is 10.2. The lowest BCUT2D eigenvalue weighted by Crippen LogP contribution is -2.11. The molecular weight excluding hydrogens is 596 g/mol. The van der Waals surface area contributed by atoms with Gasteiger partial charge in [-0.15, -0.1) is 18.9 Å². The number of aryl methyl sites for hydroxylation is 1. The molecule has 40 heavy (non-hydrogen) atoms. The van der Waals surface area contributed by atoms with Crippen LogP contribution < -0.4 is 5.43 Å². The van der Waals surface area contributed by atoms with Crippen LogP contribution in [0, 0.1) is 6.92 Å². The Morgan fingerprint density at radius 3 is 2.35 bits per heavy atom. The first-order valence-corrected chi connectivity index (χ1v) is 13.3. The third kappa shape index (κ3) is 8.19. The maximum Gasteiger partial charge on any atom is 0.339 e. The molecule has 3 aromatic carbocycles. The zero-order valence-electron chi connectivity index (χ0n) is 19.9. The summed E-state index contributed by atoms with van der Waals surface area (Å²) in [7, 11) is -4.78. The third-order valence-electron chi connectivity index (χ3n) is 4.68. The highest BCUT2D eigenvalue weighted by Crippen LogP contribution is 2.35. The molecule has 0 unspecified atom stereocenters. The van der Waals surface area contributed by atoms with Gasteiger partial charge in [0.15, 0.2) is 0 Å². The topological polar surface area (TPSA) is 238 Å². The van der Waals surface area contributed by atoms with E-state index in [1.165, 1.54) is 42.5 Å². The summed E-state index contributed by atoms with van der Waals surface area (Å²) in [5.41, 5.74) is 2.20. The highest BCUT2D eigenvalue weighted by Gasteiger charge is 2.22. The molecule has 0 bridgehead atoms. The van der Waals surface area contributed by atoms with Gasteiger partial charge in [0.25, 0.3) is 10.1 Å². The van der Waals surface area contributed by atoms with Crippen molar-refractivity contribution in [1.29, 1.82) is 0 Å². The quantitative estimate of drug-likeness (QED) is 0.0297. The standard InChI is InChI=1S/C21H18N4O12S3/c1-11-6-7-14(16(26)8-11)22-24-20(13-4-2-3-5-18(13)40(31,32)33)25-23-15-9-12(38-36-34-29)10-17(39-37-35-30)19(15)21(27)28/h2-10,23,26,29-30H,1H3,(H,27,28)(H,31,32,33). The van der Waals surface area contributed by atoms with Crippen molar-refractivity contribution in [3.05, 3.63) is 71.3 Å². The van der Waals surface area contributed by atoms with Gasteiger partial charge in [0.05, 0.1) is 34.7 Å². The number of hydrogen-bond donors (Lipinski definition) is 6. The molecule has 0 aromatic heterocycles. The number of carboxylic acid groups (broad SMARTS) is 1. The number of hydrazone groups is 1. The second kappa shape index (κ2) is 14.1. The van der Waals surface area contributed by atoms with Crippen molar-refractivity contribution in [2.24, 2.45) is 15.3 Å². The average molecular weight is 615 g/mol. The maximum atomic E-state index is 12.1. The lowest BCUT2D eigenvalue weighted by molar-refractivity contribution is -0.432. The van der Waals surface area contributed by atoms with Crippen molar-refractivity contribution < 1.29 is 57.2 Å². The molecule has 0 aliphatic carbocycles. The Kier molecular flexibility index (Phi) is 10.9. The number of nitrogens with zero attached hydrogens (tertiary/aromatic N) is 3. The zero-order chi connectivity index (χ0) is 29.3. The van der Waals surface area contributed by atoms with E-state index in [2.05, 4.69) is 39.5 Å². The molecule has 16 nitrogen and oxygen atoms in total. The first kappa shape index (κ1) is 30.9. The van der Waals surface area contributed by atoms with E-state index < -0.39 is 32.4 Å². The molecule has 0 radical (unpaired) electrons. The van der Waals surface area contributed by atoms with Crippen molar-refractivity contribution in [2.45, 2.75) is 21.6 Å². The summed E-state index contributed by atoms with van der Waals surface area (Å²) >= 11 is 0.729. The van der Waals surface area contributed by atoms with Crippen LogP contribution >= 0.6 is 24.1 Å². The molecule has 19 heteroatoms. The number of amidine groups is 1. The fourth-order valence-corrected chi connectivity index (χ4v) is 4.83. The summed E-state index contributed by atoms with van der Waals surface area (Å²) in [6.45, 7) is 1.73. The third-order valence-corrected chi connectivity index (χ3v) is 6.78. The number of azo groups is 1. The summed E-state index contributed by atoms with van der Waals surface area (Å²) in [6, 6.07) is 12.0. The summed E-state index contributed by atoms with van der Waals surface area (Å²) in [6.07, 6.45) is 0. The van der Waals surface area contributed by atoms with Gasteiger partial charge in [0.1, 0.15) is 21.9 Å². The Morgan fingerprint density at radius 2 is 1.70 bits per heavy atom. The first-order chi connectivity index (χ1) is 19.0. The number of phenols is 1. The molecule has 212 valence electrons. The van der Waals surface area contributed by atoms with Crippen LogP contribution in [0.5, 0.6) is 5.75 Å². The molecule has 3 aromatic rings. The van der Waals surface area contributed by atoms with Crippen molar-refractivity contribution in [1.82, 2.24) is 0 Å². The van der Waals surface area contributed by atoms with Gasteiger partial charge in [0, 0.05) is 10.5 Å². The Labute approximate surface area is 233 Å². The highest BCUT2D eigenvalue weighted by molar-refractivity contribution is 7.95. The van der Waals surface area contributed by atoms with Gasteiger partial charge in [0.2, 0.25) is 5.84 Å². The number of hydrogen-bond acceptors (Lipinski definition) is 15. The molecule has 0 fully saturated rings. The fraction of sp³-hybridized carbons (Fsp3) is 0.0476.